The van der Waals surface area contributed by atoms with Gasteiger partial charge in [-0.25, -0.2) is 0 Å². The van der Waals surface area contributed by atoms with Gasteiger partial charge in [-0.1, -0.05) is 20.3 Å². The number of nitrogens with one attached hydrogen (secondary N) is 1. The molecular formula is C11H23NO2. The molecule has 0 aromatic heterocycles. The topological polar surface area (TPSA) is 38.3 Å². The van der Waals surface area contributed by atoms with Gasteiger partial charge in [0.05, 0.1) is 13.5 Å². The van der Waals surface area contributed by atoms with Crippen LogP contribution in [-0.2, 0) is 9.53 Å². The summed E-state index contributed by atoms with van der Waals surface area (Å²) in [6.45, 7) is 6.36. The van der Waals surface area contributed by atoms with E-state index in [1.807, 2.05) is 6.92 Å². The van der Waals surface area contributed by atoms with Gasteiger partial charge in [0.25, 0.3) is 0 Å². The Morgan fingerprint density at radius 1 is 1.43 bits per heavy atom. The van der Waals surface area contributed by atoms with Gasteiger partial charge in [-0.2, -0.15) is 0 Å². The van der Waals surface area contributed by atoms with Crippen molar-refractivity contribution in [3.8, 4) is 0 Å². The summed E-state index contributed by atoms with van der Waals surface area (Å²) < 4.78 is 4.62. The largest absolute Gasteiger partial charge is 0.469 e. The fourth-order valence-electron chi connectivity index (χ4n) is 1.55. The molecule has 0 saturated heterocycles. The van der Waals surface area contributed by atoms with Crippen LogP contribution >= 0.6 is 0 Å². The highest BCUT2D eigenvalue weighted by Crippen LogP contribution is 2.04. The molecule has 3 heteroatoms. The van der Waals surface area contributed by atoms with Crippen molar-refractivity contribution < 1.29 is 9.53 Å². The molecule has 1 N–H and O–H groups in total. The SMILES string of the molecule is CCCC(CC)NC(C)CC(=O)OC. The zero-order valence-electron chi connectivity index (χ0n) is 9.80. The molecule has 3 nitrogen and oxygen atoms in total. The predicted molar refractivity (Wildman–Crippen MR) is 58.2 cm³/mol. The van der Waals surface area contributed by atoms with Gasteiger partial charge in [-0.05, 0) is 19.8 Å². The fraction of sp³-hybridized carbons (Fsp3) is 0.909. The normalized spacial score (nSPS) is 14.9. The molecule has 14 heavy (non-hydrogen) atoms. The molecular weight excluding hydrogens is 178 g/mol. The van der Waals surface area contributed by atoms with Crippen LogP contribution in [0.2, 0.25) is 0 Å². The van der Waals surface area contributed by atoms with Crippen LogP contribution in [0.5, 0.6) is 0 Å². The van der Waals surface area contributed by atoms with E-state index in [2.05, 4.69) is 23.9 Å². The van der Waals surface area contributed by atoms with Crippen LogP contribution in [0.1, 0.15) is 46.5 Å². The molecule has 2 atom stereocenters. The Bertz CT molecular complexity index is 159. The third-order valence-electron chi connectivity index (χ3n) is 2.35. The van der Waals surface area contributed by atoms with Crippen molar-refractivity contribution in [2.45, 2.75) is 58.5 Å². The highest BCUT2D eigenvalue weighted by atomic mass is 16.5. The van der Waals surface area contributed by atoms with E-state index >= 15 is 0 Å². The standard InChI is InChI=1S/C11H23NO2/c1-5-7-10(6-2)12-9(3)8-11(13)14-4/h9-10,12H,5-8H2,1-4H3. The van der Waals surface area contributed by atoms with Crippen LogP contribution in [0.4, 0.5) is 0 Å². The second-order valence-electron chi connectivity index (χ2n) is 3.74. The summed E-state index contributed by atoms with van der Waals surface area (Å²) in [6.07, 6.45) is 3.91. The maximum atomic E-state index is 11.0. The van der Waals surface area contributed by atoms with Crippen molar-refractivity contribution in [1.29, 1.82) is 0 Å². The molecule has 0 radical (unpaired) electrons. The third-order valence-corrected chi connectivity index (χ3v) is 2.35. The molecule has 0 aliphatic carbocycles. The minimum absolute atomic E-state index is 0.142. The summed E-state index contributed by atoms with van der Waals surface area (Å²) in [5, 5.41) is 3.43. The minimum atomic E-state index is -0.142. The van der Waals surface area contributed by atoms with Gasteiger partial charge in [0.1, 0.15) is 0 Å². The molecule has 0 spiro atoms. The quantitative estimate of drug-likeness (QED) is 0.641. The highest BCUT2D eigenvalue weighted by Gasteiger charge is 2.12. The number of ether oxygens (including phenoxy) is 1. The van der Waals surface area contributed by atoms with Crippen LogP contribution in [-0.4, -0.2) is 25.2 Å². The molecule has 0 heterocycles. The number of hydrogen-bond acceptors (Lipinski definition) is 3. The lowest BCUT2D eigenvalue weighted by molar-refractivity contribution is -0.141. The van der Waals surface area contributed by atoms with Gasteiger partial charge in [0, 0.05) is 12.1 Å². The van der Waals surface area contributed by atoms with Gasteiger partial charge in [-0.15, -0.1) is 0 Å². The van der Waals surface area contributed by atoms with Gasteiger partial charge < -0.3 is 10.1 Å². The number of carbonyl (C=O) groups excluding carboxylic acids is 1. The summed E-state index contributed by atoms with van der Waals surface area (Å²) in [5.74, 6) is -0.142. The van der Waals surface area contributed by atoms with E-state index in [0.29, 0.717) is 12.5 Å². The zero-order chi connectivity index (χ0) is 11.0. The smallest absolute Gasteiger partial charge is 0.307 e. The summed E-state index contributed by atoms with van der Waals surface area (Å²) in [7, 11) is 1.43. The van der Waals surface area contributed by atoms with E-state index in [1.54, 1.807) is 0 Å². The molecule has 0 rings (SSSR count). The molecule has 2 unspecified atom stereocenters. The van der Waals surface area contributed by atoms with E-state index < -0.39 is 0 Å². The Morgan fingerprint density at radius 2 is 2.07 bits per heavy atom. The van der Waals surface area contributed by atoms with Crippen molar-refractivity contribution in [1.82, 2.24) is 5.32 Å². The maximum absolute atomic E-state index is 11.0. The van der Waals surface area contributed by atoms with Gasteiger partial charge in [0.2, 0.25) is 0 Å². The van der Waals surface area contributed by atoms with Crippen molar-refractivity contribution in [3.05, 3.63) is 0 Å². The number of carbonyl (C=O) groups is 1. The van der Waals surface area contributed by atoms with Gasteiger partial charge in [0.15, 0.2) is 0 Å². The summed E-state index contributed by atoms with van der Waals surface area (Å²) >= 11 is 0. The van der Waals surface area contributed by atoms with Crippen LogP contribution in [0.15, 0.2) is 0 Å². The predicted octanol–water partition coefficient (Wildman–Crippen LogP) is 2.11. The summed E-state index contributed by atoms with van der Waals surface area (Å²) in [5.41, 5.74) is 0. The molecule has 0 amide bonds. The van der Waals surface area contributed by atoms with Crippen molar-refractivity contribution >= 4 is 5.97 Å². The molecule has 84 valence electrons. The molecule has 0 saturated carbocycles. The van der Waals surface area contributed by atoms with Crippen LogP contribution in [0.3, 0.4) is 0 Å². The van der Waals surface area contributed by atoms with Crippen LogP contribution in [0, 0.1) is 0 Å². The summed E-state index contributed by atoms with van der Waals surface area (Å²) in [6, 6.07) is 0.735. The number of rotatable bonds is 7. The Kier molecular flexibility index (Phi) is 7.48. The molecule has 0 aromatic carbocycles. The van der Waals surface area contributed by atoms with E-state index in [4.69, 9.17) is 0 Å². The molecule has 0 aromatic rings. The lowest BCUT2D eigenvalue weighted by Crippen LogP contribution is -2.37. The average Bonchev–Trinajstić information content (AvgIpc) is 2.16. The van der Waals surface area contributed by atoms with Crippen molar-refractivity contribution in [2.75, 3.05) is 7.11 Å². The fourth-order valence-corrected chi connectivity index (χ4v) is 1.55. The first kappa shape index (κ1) is 13.4. The number of esters is 1. The van der Waals surface area contributed by atoms with E-state index in [-0.39, 0.29) is 12.0 Å². The Labute approximate surface area is 87.2 Å². The Hall–Kier alpha value is -0.570. The van der Waals surface area contributed by atoms with Gasteiger partial charge in [-0.3, -0.25) is 4.79 Å². The second-order valence-corrected chi connectivity index (χ2v) is 3.74. The molecule has 0 aliphatic heterocycles. The van der Waals surface area contributed by atoms with E-state index in [0.717, 1.165) is 6.42 Å². The highest BCUT2D eigenvalue weighted by molar-refractivity contribution is 5.69. The van der Waals surface area contributed by atoms with Crippen LogP contribution < -0.4 is 5.32 Å². The first-order chi connectivity index (χ1) is 6.63. The first-order valence-electron chi connectivity index (χ1n) is 5.46. The summed E-state index contributed by atoms with van der Waals surface area (Å²) in [4.78, 5) is 11.0. The third kappa shape index (κ3) is 5.97. The van der Waals surface area contributed by atoms with Crippen molar-refractivity contribution in [2.24, 2.45) is 0 Å². The van der Waals surface area contributed by atoms with Crippen LogP contribution in [0.25, 0.3) is 0 Å². The molecule has 0 aliphatic rings. The number of methoxy groups -OCH3 is 1. The average molecular weight is 201 g/mol. The lowest BCUT2D eigenvalue weighted by Gasteiger charge is -2.21. The van der Waals surface area contributed by atoms with Crippen molar-refractivity contribution in [3.63, 3.8) is 0 Å². The lowest BCUT2D eigenvalue weighted by atomic mass is 10.1. The molecule has 0 bridgehead atoms. The Balaban J connectivity index is 3.77. The second kappa shape index (κ2) is 7.80. The monoisotopic (exact) mass is 201 g/mol. The zero-order valence-corrected chi connectivity index (χ0v) is 9.80. The van der Waals surface area contributed by atoms with E-state index in [1.165, 1.54) is 20.0 Å². The minimum Gasteiger partial charge on any atom is -0.469 e. The van der Waals surface area contributed by atoms with Gasteiger partial charge >= 0.3 is 5.97 Å². The molecule has 0 fully saturated rings. The first-order valence-corrected chi connectivity index (χ1v) is 5.46. The Morgan fingerprint density at radius 3 is 2.50 bits per heavy atom. The number of hydrogen-bond donors (Lipinski definition) is 1. The maximum Gasteiger partial charge on any atom is 0.307 e. The van der Waals surface area contributed by atoms with E-state index in [9.17, 15) is 4.79 Å².